The summed E-state index contributed by atoms with van der Waals surface area (Å²) >= 11 is 0. The molecule has 0 spiro atoms. The molecule has 0 atom stereocenters. The molecule has 1 aromatic heterocycles. The van der Waals surface area contributed by atoms with Gasteiger partial charge < -0.3 is 20.1 Å². The van der Waals surface area contributed by atoms with Crippen LogP contribution in [0, 0.1) is 6.92 Å². The number of hydrogen-bond donors (Lipinski definition) is 2. The van der Waals surface area contributed by atoms with E-state index in [4.69, 9.17) is 9.47 Å². The third-order valence-corrected chi connectivity index (χ3v) is 3.26. The van der Waals surface area contributed by atoms with Gasteiger partial charge in [0.2, 0.25) is 0 Å². The second-order valence-electron chi connectivity index (χ2n) is 6.60. The molecule has 0 unspecified atom stereocenters. The minimum absolute atomic E-state index is 0.0542. The SMILES string of the molecule is COc1ccc(CNc2cc(NC(C)(C)C)nc(C)n2)cc1OC. The van der Waals surface area contributed by atoms with E-state index in [1.54, 1.807) is 14.2 Å². The van der Waals surface area contributed by atoms with Gasteiger partial charge in [-0.3, -0.25) is 0 Å². The number of aromatic nitrogens is 2. The van der Waals surface area contributed by atoms with Gasteiger partial charge >= 0.3 is 0 Å². The van der Waals surface area contributed by atoms with Crippen LogP contribution in [0.1, 0.15) is 32.2 Å². The van der Waals surface area contributed by atoms with E-state index in [1.165, 1.54) is 0 Å². The number of nitrogens with one attached hydrogen (secondary N) is 2. The highest BCUT2D eigenvalue weighted by molar-refractivity contribution is 5.50. The van der Waals surface area contributed by atoms with E-state index in [9.17, 15) is 0 Å². The molecule has 0 aliphatic rings. The van der Waals surface area contributed by atoms with Crippen molar-refractivity contribution in [3.63, 3.8) is 0 Å². The Bertz CT molecular complexity index is 696. The Kier molecular flexibility index (Phi) is 5.49. The van der Waals surface area contributed by atoms with Crippen LogP contribution in [-0.4, -0.2) is 29.7 Å². The second kappa shape index (κ2) is 7.38. The van der Waals surface area contributed by atoms with Gasteiger partial charge in [-0.05, 0) is 45.4 Å². The van der Waals surface area contributed by atoms with Crippen LogP contribution in [0.3, 0.4) is 0 Å². The maximum absolute atomic E-state index is 5.33. The van der Waals surface area contributed by atoms with Crippen LogP contribution in [0.25, 0.3) is 0 Å². The highest BCUT2D eigenvalue weighted by Crippen LogP contribution is 2.27. The summed E-state index contributed by atoms with van der Waals surface area (Å²) in [5.74, 6) is 3.74. The smallest absolute Gasteiger partial charge is 0.161 e. The number of anilines is 2. The van der Waals surface area contributed by atoms with Gasteiger partial charge in [-0.15, -0.1) is 0 Å². The molecule has 0 aliphatic heterocycles. The minimum Gasteiger partial charge on any atom is -0.493 e. The molecule has 24 heavy (non-hydrogen) atoms. The van der Waals surface area contributed by atoms with E-state index in [2.05, 4.69) is 41.4 Å². The molecule has 2 aromatic rings. The fourth-order valence-electron chi connectivity index (χ4n) is 2.29. The van der Waals surface area contributed by atoms with Crippen molar-refractivity contribution in [3.8, 4) is 11.5 Å². The first kappa shape index (κ1) is 17.8. The van der Waals surface area contributed by atoms with Crippen molar-refractivity contribution in [3.05, 3.63) is 35.7 Å². The Morgan fingerprint density at radius 2 is 1.62 bits per heavy atom. The van der Waals surface area contributed by atoms with Crippen LogP contribution < -0.4 is 20.1 Å². The average Bonchev–Trinajstić information content (AvgIpc) is 2.50. The molecule has 0 radical (unpaired) electrons. The summed E-state index contributed by atoms with van der Waals surface area (Å²) in [6.07, 6.45) is 0. The molecule has 0 amide bonds. The van der Waals surface area contributed by atoms with Crippen molar-refractivity contribution in [2.45, 2.75) is 39.8 Å². The number of ether oxygens (including phenoxy) is 2. The zero-order valence-corrected chi connectivity index (χ0v) is 15.2. The van der Waals surface area contributed by atoms with Gasteiger partial charge in [0.05, 0.1) is 14.2 Å². The summed E-state index contributed by atoms with van der Waals surface area (Å²) in [4.78, 5) is 8.86. The molecular formula is C18H26N4O2. The summed E-state index contributed by atoms with van der Waals surface area (Å²) in [6.45, 7) is 8.81. The van der Waals surface area contributed by atoms with Crippen molar-refractivity contribution in [1.82, 2.24) is 9.97 Å². The molecule has 6 heteroatoms. The highest BCUT2D eigenvalue weighted by Gasteiger charge is 2.12. The van der Waals surface area contributed by atoms with E-state index >= 15 is 0 Å². The molecule has 0 aliphatic carbocycles. The standard InChI is InChI=1S/C18H26N4O2/c1-12-20-16(10-17(21-12)22-18(2,3)4)19-11-13-7-8-14(23-5)15(9-13)24-6/h7-10H,11H2,1-6H3,(H2,19,20,21,22). The Labute approximate surface area is 143 Å². The molecule has 1 aromatic carbocycles. The van der Waals surface area contributed by atoms with Gasteiger partial charge in [0, 0.05) is 18.2 Å². The Morgan fingerprint density at radius 1 is 0.958 bits per heavy atom. The van der Waals surface area contributed by atoms with Crippen LogP contribution in [0.15, 0.2) is 24.3 Å². The van der Waals surface area contributed by atoms with Crippen molar-refractivity contribution in [1.29, 1.82) is 0 Å². The molecule has 2 N–H and O–H groups in total. The van der Waals surface area contributed by atoms with E-state index < -0.39 is 0 Å². The number of methoxy groups -OCH3 is 2. The first-order valence-corrected chi connectivity index (χ1v) is 7.89. The normalized spacial score (nSPS) is 11.1. The molecular weight excluding hydrogens is 304 g/mol. The summed E-state index contributed by atoms with van der Waals surface area (Å²) < 4.78 is 10.6. The zero-order chi connectivity index (χ0) is 17.7. The van der Waals surface area contributed by atoms with Gasteiger partial charge in [0.25, 0.3) is 0 Å². The van der Waals surface area contributed by atoms with Gasteiger partial charge in [0.15, 0.2) is 11.5 Å². The van der Waals surface area contributed by atoms with E-state index in [0.717, 1.165) is 28.8 Å². The van der Waals surface area contributed by atoms with Crippen LogP contribution in [0.4, 0.5) is 11.6 Å². The third-order valence-electron chi connectivity index (χ3n) is 3.26. The largest absolute Gasteiger partial charge is 0.493 e. The number of rotatable bonds is 6. The Balaban J connectivity index is 2.11. The van der Waals surface area contributed by atoms with Crippen molar-refractivity contribution in [2.24, 2.45) is 0 Å². The monoisotopic (exact) mass is 330 g/mol. The lowest BCUT2D eigenvalue weighted by Gasteiger charge is -2.21. The van der Waals surface area contributed by atoms with E-state index in [1.807, 2.05) is 31.2 Å². The number of benzene rings is 1. The summed E-state index contributed by atoms with van der Waals surface area (Å²) in [6, 6.07) is 7.76. The van der Waals surface area contributed by atoms with Gasteiger partial charge in [0.1, 0.15) is 17.5 Å². The van der Waals surface area contributed by atoms with Gasteiger partial charge in [-0.25, -0.2) is 9.97 Å². The molecule has 130 valence electrons. The molecule has 0 bridgehead atoms. The molecule has 0 saturated carbocycles. The van der Waals surface area contributed by atoms with Crippen LogP contribution >= 0.6 is 0 Å². The predicted octanol–water partition coefficient (Wildman–Crippen LogP) is 3.62. The molecule has 1 heterocycles. The van der Waals surface area contributed by atoms with Crippen molar-refractivity contribution < 1.29 is 9.47 Å². The lowest BCUT2D eigenvalue weighted by molar-refractivity contribution is 0.354. The Hall–Kier alpha value is -2.50. The first-order valence-electron chi connectivity index (χ1n) is 7.89. The lowest BCUT2D eigenvalue weighted by Crippen LogP contribution is -2.27. The third kappa shape index (κ3) is 5.01. The molecule has 0 saturated heterocycles. The zero-order valence-electron chi connectivity index (χ0n) is 15.2. The number of hydrogen-bond acceptors (Lipinski definition) is 6. The van der Waals surface area contributed by atoms with Gasteiger partial charge in [-0.2, -0.15) is 0 Å². The van der Waals surface area contributed by atoms with E-state index in [-0.39, 0.29) is 5.54 Å². The maximum Gasteiger partial charge on any atom is 0.161 e. The maximum atomic E-state index is 5.33. The lowest BCUT2D eigenvalue weighted by atomic mass is 10.1. The highest BCUT2D eigenvalue weighted by atomic mass is 16.5. The first-order chi connectivity index (χ1) is 11.3. The average molecular weight is 330 g/mol. The van der Waals surface area contributed by atoms with E-state index in [0.29, 0.717) is 12.3 Å². The van der Waals surface area contributed by atoms with Crippen LogP contribution in [0.5, 0.6) is 11.5 Å². The summed E-state index contributed by atoms with van der Waals surface area (Å²) in [5.41, 5.74) is 1.02. The summed E-state index contributed by atoms with van der Waals surface area (Å²) in [5, 5.41) is 6.70. The van der Waals surface area contributed by atoms with Crippen molar-refractivity contribution >= 4 is 11.6 Å². The fraction of sp³-hybridized carbons (Fsp3) is 0.444. The molecule has 0 fully saturated rings. The topological polar surface area (TPSA) is 68.3 Å². The number of aryl methyl sites for hydroxylation is 1. The second-order valence-corrected chi connectivity index (χ2v) is 6.60. The van der Waals surface area contributed by atoms with Crippen molar-refractivity contribution in [2.75, 3.05) is 24.9 Å². The minimum atomic E-state index is -0.0542. The van der Waals surface area contributed by atoms with Crippen LogP contribution in [0.2, 0.25) is 0 Å². The van der Waals surface area contributed by atoms with Crippen LogP contribution in [-0.2, 0) is 6.54 Å². The number of nitrogens with zero attached hydrogens (tertiary/aromatic N) is 2. The molecule has 2 rings (SSSR count). The summed E-state index contributed by atoms with van der Waals surface area (Å²) in [7, 11) is 3.26. The quantitative estimate of drug-likeness (QED) is 0.843. The predicted molar refractivity (Wildman–Crippen MR) is 97.0 cm³/mol. The Morgan fingerprint density at radius 3 is 2.25 bits per heavy atom. The van der Waals surface area contributed by atoms with Gasteiger partial charge in [-0.1, -0.05) is 6.07 Å². The molecule has 6 nitrogen and oxygen atoms in total. The fourth-order valence-corrected chi connectivity index (χ4v) is 2.29.